The summed E-state index contributed by atoms with van der Waals surface area (Å²) in [6.45, 7) is 11.8. The zero-order chi connectivity index (χ0) is 12.8. The van der Waals surface area contributed by atoms with Gasteiger partial charge in [0.05, 0.1) is 6.54 Å². The van der Waals surface area contributed by atoms with Gasteiger partial charge in [0.25, 0.3) is 0 Å². The largest absolute Gasteiger partial charge is 0.338 e. The van der Waals surface area contributed by atoms with Crippen molar-refractivity contribution in [2.24, 2.45) is 0 Å². The standard InChI is InChI=1S/C13H25N3O/c1-5-16(9-11(2)3)13(17)10-15(4)12-6-7-14-8-12/h12,14H,2,5-10H2,1,3-4H3. The van der Waals surface area contributed by atoms with Gasteiger partial charge in [-0.25, -0.2) is 0 Å². The first-order chi connectivity index (χ1) is 8.04. The average Bonchev–Trinajstić information content (AvgIpc) is 2.78. The number of carbonyl (C=O) groups is 1. The van der Waals surface area contributed by atoms with Gasteiger partial charge in [0.2, 0.25) is 5.91 Å². The van der Waals surface area contributed by atoms with Gasteiger partial charge >= 0.3 is 0 Å². The fourth-order valence-corrected chi connectivity index (χ4v) is 2.16. The van der Waals surface area contributed by atoms with Gasteiger partial charge in [-0.15, -0.1) is 0 Å². The van der Waals surface area contributed by atoms with Gasteiger partial charge in [-0.05, 0) is 33.9 Å². The number of rotatable bonds is 6. The Labute approximate surface area is 105 Å². The Kier molecular flexibility index (Phi) is 5.65. The number of amides is 1. The minimum absolute atomic E-state index is 0.199. The molecule has 1 atom stereocenters. The van der Waals surface area contributed by atoms with E-state index >= 15 is 0 Å². The van der Waals surface area contributed by atoms with Gasteiger partial charge in [-0.3, -0.25) is 9.69 Å². The van der Waals surface area contributed by atoms with Crippen LogP contribution in [-0.4, -0.2) is 61.5 Å². The second kappa shape index (κ2) is 6.77. The van der Waals surface area contributed by atoms with Crippen molar-refractivity contribution < 1.29 is 4.79 Å². The van der Waals surface area contributed by atoms with E-state index in [9.17, 15) is 4.79 Å². The first kappa shape index (κ1) is 14.2. The summed E-state index contributed by atoms with van der Waals surface area (Å²) in [5.74, 6) is 0.199. The summed E-state index contributed by atoms with van der Waals surface area (Å²) in [5.41, 5.74) is 1.03. The number of likely N-dealkylation sites (N-methyl/N-ethyl adjacent to an activating group) is 2. The summed E-state index contributed by atoms with van der Waals surface area (Å²) >= 11 is 0. The zero-order valence-electron chi connectivity index (χ0n) is 11.3. The Balaban J connectivity index is 2.42. The number of nitrogens with zero attached hydrogens (tertiary/aromatic N) is 2. The molecule has 1 unspecified atom stereocenters. The van der Waals surface area contributed by atoms with Crippen LogP contribution in [0.3, 0.4) is 0 Å². The SMILES string of the molecule is C=C(C)CN(CC)C(=O)CN(C)C1CCNC1. The van der Waals surface area contributed by atoms with E-state index in [4.69, 9.17) is 0 Å². The molecule has 1 aliphatic rings. The highest BCUT2D eigenvalue weighted by Gasteiger charge is 2.22. The number of hydrogen-bond donors (Lipinski definition) is 1. The minimum Gasteiger partial charge on any atom is -0.338 e. The van der Waals surface area contributed by atoms with E-state index in [0.717, 1.165) is 31.6 Å². The Morgan fingerprint density at radius 2 is 2.18 bits per heavy atom. The minimum atomic E-state index is 0.199. The second-order valence-corrected chi connectivity index (χ2v) is 4.93. The molecule has 1 aliphatic heterocycles. The summed E-state index contributed by atoms with van der Waals surface area (Å²) in [5, 5.41) is 3.32. The molecule has 0 aromatic carbocycles. The third-order valence-corrected chi connectivity index (χ3v) is 3.24. The van der Waals surface area contributed by atoms with Crippen molar-refractivity contribution in [3.63, 3.8) is 0 Å². The lowest BCUT2D eigenvalue weighted by Gasteiger charge is -2.27. The Morgan fingerprint density at radius 1 is 1.47 bits per heavy atom. The molecule has 1 saturated heterocycles. The maximum Gasteiger partial charge on any atom is 0.237 e. The third-order valence-electron chi connectivity index (χ3n) is 3.24. The average molecular weight is 239 g/mol. The summed E-state index contributed by atoms with van der Waals surface area (Å²) in [6, 6.07) is 0.502. The lowest BCUT2D eigenvalue weighted by atomic mass is 10.2. The normalized spacial score (nSPS) is 19.6. The molecule has 0 aromatic heterocycles. The lowest BCUT2D eigenvalue weighted by Crippen LogP contribution is -2.43. The molecule has 4 heteroatoms. The van der Waals surface area contributed by atoms with Crippen LogP contribution in [0.4, 0.5) is 0 Å². The predicted molar refractivity (Wildman–Crippen MR) is 71.0 cm³/mol. The number of nitrogens with one attached hydrogen (secondary N) is 1. The van der Waals surface area contributed by atoms with Gasteiger partial charge in [-0.2, -0.15) is 0 Å². The fourth-order valence-electron chi connectivity index (χ4n) is 2.16. The molecular weight excluding hydrogens is 214 g/mol. The molecule has 4 nitrogen and oxygen atoms in total. The molecule has 1 heterocycles. The maximum absolute atomic E-state index is 12.1. The van der Waals surface area contributed by atoms with Crippen molar-refractivity contribution >= 4 is 5.91 Å². The highest BCUT2D eigenvalue weighted by atomic mass is 16.2. The van der Waals surface area contributed by atoms with Gasteiger partial charge in [0.15, 0.2) is 0 Å². The van der Waals surface area contributed by atoms with E-state index < -0.39 is 0 Å². The first-order valence-corrected chi connectivity index (χ1v) is 6.37. The van der Waals surface area contributed by atoms with E-state index in [-0.39, 0.29) is 5.91 Å². The van der Waals surface area contributed by atoms with Crippen molar-refractivity contribution in [2.75, 3.05) is 39.8 Å². The van der Waals surface area contributed by atoms with Gasteiger partial charge < -0.3 is 10.2 Å². The molecule has 0 spiro atoms. The van der Waals surface area contributed by atoms with Crippen molar-refractivity contribution in [1.29, 1.82) is 0 Å². The summed E-state index contributed by atoms with van der Waals surface area (Å²) in [7, 11) is 2.03. The smallest absolute Gasteiger partial charge is 0.237 e. The highest BCUT2D eigenvalue weighted by molar-refractivity contribution is 5.78. The quantitative estimate of drug-likeness (QED) is 0.693. The van der Waals surface area contributed by atoms with Crippen LogP contribution in [0.5, 0.6) is 0 Å². The van der Waals surface area contributed by atoms with Crippen LogP contribution in [0.2, 0.25) is 0 Å². The number of hydrogen-bond acceptors (Lipinski definition) is 3. The summed E-state index contributed by atoms with van der Waals surface area (Å²) in [4.78, 5) is 16.1. The van der Waals surface area contributed by atoms with Gasteiger partial charge in [0.1, 0.15) is 0 Å². The number of carbonyl (C=O) groups excluding carboxylic acids is 1. The molecule has 17 heavy (non-hydrogen) atoms. The van der Waals surface area contributed by atoms with E-state index in [0.29, 0.717) is 19.1 Å². The van der Waals surface area contributed by atoms with Crippen molar-refractivity contribution in [3.8, 4) is 0 Å². The van der Waals surface area contributed by atoms with Crippen molar-refractivity contribution in [2.45, 2.75) is 26.3 Å². The van der Waals surface area contributed by atoms with Gasteiger partial charge in [-0.1, -0.05) is 12.2 Å². The summed E-state index contributed by atoms with van der Waals surface area (Å²) in [6.07, 6.45) is 1.14. The lowest BCUT2D eigenvalue weighted by molar-refractivity contribution is -0.131. The second-order valence-electron chi connectivity index (χ2n) is 4.93. The molecule has 0 radical (unpaired) electrons. The Bertz CT molecular complexity index is 272. The molecular formula is C13H25N3O. The van der Waals surface area contributed by atoms with Crippen LogP contribution in [0.15, 0.2) is 12.2 Å². The topological polar surface area (TPSA) is 35.6 Å². The van der Waals surface area contributed by atoms with Crippen molar-refractivity contribution in [3.05, 3.63) is 12.2 Å². The van der Waals surface area contributed by atoms with E-state index in [2.05, 4.69) is 16.8 Å². The van der Waals surface area contributed by atoms with E-state index in [1.54, 1.807) is 0 Å². The molecule has 1 N–H and O–H groups in total. The Morgan fingerprint density at radius 3 is 2.65 bits per heavy atom. The highest BCUT2D eigenvalue weighted by Crippen LogP contribution is 2.07. The molecule has 1 fully saturated rings. The van der Waals surface area contributed by atoms with Crippen LogP contribution >= 0.6 is 0 Å². The molecule has 1 amide bonds. The fraction of sp³-hybridized carbons (Fsp3) is 0.769. The molecule has 0 saturated carbocycles. The molecule has 0 aliphatic carbocycles. The van der Waals surface area contributed by atoms with Gasteiger partial charge in [0, 0.05) is 25.7 Å². The monoisotopic (exact) mass is 239 g/mol. The molecule has 98 valence electrons. The van der Waals surface area contributed by atoms with Crippen LogP contribution in [0.1, 0.15) is 20.3 Å². The van der Waals surface area contributed by atoms with Crippen LogP contribution in [-0.2, 0) is 4.79 Å². The third kappa shape index (κ3) is 4.48. The van der Waals surface area contributed by atoms with E-state index in [1.807, 2.05) is 25.8 Å². The predicted octanol–water partition coefficient (Wildman–Crippen LogP) is 0.705. The van der Waals surface area contributed by atoms with Crippen LogP contribution in [0, 0.1) is 0 Å². The molecule has 0 bridgehead atoms. The molecule has 0 aromatic rings. The molecule has 1 rings (SSSR count). The summed E-state index contributed by atoms with van der Waals surface area (Å²) < 4.78 is 0. The van der Waals surface area contributed by atoms with Crippen molar-refractivity contribution in [1.82, 2.24) is 15.1 Å². The maximum atomic E-state index is 12.1. The van der Waals surface area contributed by atoms with Crippen LogP contribution in [0.25, 0.3) is 0 Å². The first-order valence-electron chi connectivity index (χ1n) is 6.37. The Hall–Kier alpha value is -0.870. The van der Waals surface area contributed by atoms with E-state index in [1.165, 1.54) is 0 Å². The van der Waals surface area contributed by atoms with Crippen LogP contribution < -0.4 is 5.32 Å². The zero-order valence-corrected chi connectivity index (χ0v) is 11.3.